The Kier molecular flexibility index (Phi) is 3.42. The summed E-state index contributed by atoms with van der Waals surface area (Å²) in [5.74, 6) is 0. The predicted molar refractivity (Wildman–Crippen MR) is 34.5 cm³/mol. The molecule has 0 aromatic rings. The van der Waals surface area contributed by atoms with Crippen LogP contribution in [-0.4, -0.2) is 43.6 Å². The maximum Gasteiger partial charge on any atom is 0.432 e. The van der Waals surface area contributed by atoms with Crippen molar-refractivity contribution in [2.45, 2.75) is 18.0 Å². The van der Waals surface area contributed by atoms with E-state index in [0.29, 0.717) is 4.90 Å². The minimum Gasteiger partial charge on any atom is -0.306 e. The number of halogens is 7. The Hall–Kier alpha value is -0.530. The predicted octanol–water partition coefficient (Wildman–Crippen LogP) is 2.38. The fourth-order valence-electron chi connectivity index (χ4n) is 0.776. The molecule has 86 valence electrons. The maximum atomic E-state index is 12.8. The van der Waals surface area contributed by atoms with Crippen molar-refractivity contribution in [2.75, 3.05) is 20.6 Å². The molecular formula is C6H8F7N. The Morgan fingerprint density at radius 2 is 1.07 bits per heavy atom. The molecule has 0 amide bonds. The minimum atomic E-state index is -5.96. The van der Waals surface area contributed by atoms with Gasteiger partial charge in [0.2, 0.25) is 0 Å². The zero-order valence-corrected chi connectivity index (χ0v) is 7.30. The Bertz CT molecular complexity index is 177. The van der Waals surface area contributed by atoms with Crippen LogP contribution in [0.25, 0.3) is 0 Å². The summed E-state index contributed by atoms with van der Waals surface area (Å²) in [6, 6.07) is 0. The van der Waals surface area contributed by atoms with Gasteiger partial charge in [0.05, 0.1) is 6.54 Å². The van der Waals surface area contributed by atoms with Gasteiger partial charge in [0.15, 0.2) is 0 Å². The third kappa shape index (κ3) is 2.49. The van der Waals surface area contributed by atoms with Crippen LogP contribution in [0.3, 0.4) is 0 Å². The van der Waals surface area contributed by atoms with Crippen molar-refractivity contribution in [2.24, 2.45) is 0 Å². The molecule has 0 aromatic carbocycles. The van der Waals surface area contributed by atoms with Crippen LogP contribution >= 0.6 is 0 Å². The van der Waals surface area contributed by atoms with Crippen molar-refractivity contribution >= 4 is 0 Å². The van der Waals surface area contributed by atoms with Crippen LogP contribution in [0.1, 0.15) is 0 Å². The van der Waals surface area contributed by atoms with E-state index in [9.17, 15) is 30.7 Å². The highest BCUT2D eigenvalue weighted by Gasteiger charge is 2.72. The monoisotopic (exact) mass is 227 g/mol. The summed E-state index contributed by atoms with van der Waals surface area (Å²) in [7, 11) is 1.84. The average molecular weight is 227 g/mol. The zero-order chi connectivity index (χ0) is 11.8. The first-order chi connectivity index (χ1) is 5.92. The second kappa shape index (κ2) is 3.56. The van der Waals surface area contributed by atoms with Crippen LogP contribution in [0.4, 0.5) is 30.7 Å². The van der Waals surface area contributed by atoms with E-state index in [1.165, 1.54) is 0 Å². The van der Waals surface area contributed by atoms with Crippen LogP contribution in [0.15, 0.2) is 0 Å². The zero-order valence-electron chi connectivity index (χ0n) is 7.30. The molecule has 0 aliphatic carbocycles. The third-order valence-electron chi connectivity index (χ3n) is 1.43. The fraction of sp³-hybridized carbons (Fsp3) is 1.00. The van der Waals surface area contributed by atoms with Gasteiger partial charge in [-0.1, -0.05) is 0 Å². The molecule has 0 saturated heterocycles. The summed E-state index contributed by atoms with van der Waals surface area (Å²) in [5, 5.41) is 0. The summed E-state index contributed by atoms with van der Waals surface area (Å²) in [6.07, 6.45) is -11.9. The largest absolute Gasteiger partial charge is 0.432 e. The van der Waals surface area contributed by atoms with Gasteiger partial charge >= 0.3 is 18.0 Å². The van der Waals surface area contributed by atoms with Gasteiger partial charge in [-0.3, -0.25) is 0 Å². The van der Waals surface area contributed by atoms with E-state index in [1.54, 1.807) is 0 Å². The van der Waals surface area contributed by atoms with Crippen molar-refractivity contribution < 1.29 is 30.7 Å². The van der Waals surface area contributed by atoms with Gasteiger partial charge in [-0.25, -0.2) is 4.39 Å². The molecule has 0 saturated carbocycles. The van der Waals surface area contributed by atoms with Crippen LogP contribution < -0.4 is 0 Å². The molecular weight excluding hydrogens is 219 g/mol. The lowest BCUT2D eigenvalue weighted by atomic mass is 10.1. The topological polar surface area (TPSA) is 3.24 Å². The second-order valence-corrected chi connectivity index (χ2v) is 3.03. The molecule has 0 fully saturated rings. The molecule has 1 nitrogen and oxygen atoms in total. The van der Waals surface area contributed by atoms with Gasteiger partial charge in [0, 0.05) is 0 Å². The van der Waals surface area contributed by atoms with Crippen LogP contribution in [0.2, 0.25) is 0 Å². The lowest BCUT2D eigenvalue weighted by Crippen LogP contribution is -2.58. The molecule has 0 spiro atoms. The Morgan fingerprint density at radius 1 is 0.786 bits per heavy atom. The second-order valence-electron chi connectivity index (χ2n) is 3.03. The number of rotatable bonds is 2. The summed E-state index contributed by atoms with van der Waals surface area (Å²) < 4.78 is 83.8. The fourth-order valence-corrected chi connectivity index (χ4v) is 0.776. The standard InChI is InChI=1S/C6H8F7N/c1-14(2)3-4(7,5(8,9)10)6(11,12)13/h3H2,1-2H3. The normalized spacial score (nSPS) is 15.0. The SMILES string of the molecule is CN(C)CC(F)(C(F)(F)F)C(F)(F)F. The Labute approximate surface area is 75.5 Å². The molecule has 0 aromatic heterocycles. The van der Waals surface area contributed by atoms with Crippen LogP contribution in [0.5, 0.6) is 0 Å². The van der Waals surface area contributed by atoms with E-state index in [1.807, 2.05) is 0 Å². The van der Waals surface area contributed by atoms with Crippen LogP contribution in [0, 0.1) is 0 Å². The van der Waals surface area contributed by atoms with Crippen molar-refractivity contribution in [3.8, 4) is 0 Å². The number of hydrogen-bond donors (Lipinski definition) is 0. The molecule has 0 aliphatic rings. The van der Waals surface area contributed by atoms with Gasteiger partial charge in [-0.15, -0.1) is 0 Å². The number of hydrogen-bond acceptors (Lipinski definition) is 1. The minimum absolute atomic E-state index is 0.487. The van der Waals surface area contributed by atoms with Gasteiger partial charge in [0.1, 0.15) is 0 Å². The highest BCUT2D eigenvalue weighted by atomic mass is 19.4. The lowest BCUT2D eigenvalue weighted by Gasteiger charge is -2.31. The highest BCUT2D eigenvalue weighted by Crippen LogP contribution is 2.46. The molecule has 8 heteroatoms. The van der Waals surface area contributed by atoms with E-state index in [-0.39, 0.29) is 0 Å². The lowest BCUT2D eigenvalue weighted by molar-refractivity contribution is -0.343. The van der Waals surface area contributed by atoms with Crippen molar-refractivity contribution in [1.29, 1.82) is 0 Å². The third-order valence-corrected chi connectivity index (χ3v) is 1.43. The first-order valence-electron chi connectivity index (χ1n) is 3.39. The molecule has 0 aliphatic heterocycles. The maximum absolute atomic E-state index is 12.8. The molecule has 0 bridgehead atoms. The first kappa shape index (κ1) is 13.5. The quantitative estimate of drug-likeness (QED) is 0.654. The molecule has 0 radical (unpaired) electrons. The highest BCUT2D eigenvalue weighted by molar-refractivity contribution is 4.96. The van der Waals surface area contributed by atoms with Crippen LogP contribution in [-0.2, 0) is 0 Å². The summed E-state index contributed by atoms with van der Waals surface area (Å²) in [4.78, 5) is 0.487. The van der Waals surface area contributed by atoms with Gasteiger partial charge < -0.3 is 4.90 Å². The van der Waals surface area contributed by atoms with E-state index < -0.39 is 24.6 Å². The summed E-state index contributed by atoms with van der Waals surface area (Å²) in [6.45, 7) is -1.78. The molecule has 0 N–H and O–H groups in total. The molecule has 0 rings (SSSR count). The molecule has 0 unspecified atom stereocenters. The Balaban J connectivity index is 5.07. The summed E-state index contributed by atoms with van der Waals surface area (Å²) >= 11 is 0. The molecule has 0 atom stereocenters. The smallest absolute Gasteiger partial charge is 0.306 e. The van der Waals surface area contributed by atoms with E-state index in [2.05, 4.69) is 0 Å². The van der Waals surface area contributed by atoms with Crippen molar-refractivity contribution in [1.82, 2.24) is 4.90 Å². The average Bonchev–Trinajstić information content (AvgIpc) is 1.79. The van der Waals surface area contributed by atoms with E-state index >= 15 is 0 Å². The van der Waals surface area contributed by atoms with E-state index in [0.717, 1.165) is 14.1 Å². The summed E-state index contributed by atoms with van der Waals surface area (Å²) in [5.41, 5.74) is -5.18. The molecule has 14 heavy (non-hydrogen) atoms. The van der Waals surface area contributed by atoms with Gasteiger partial charge in [-0.2, -0.15) is 26.3 Å². The van der Waals surface area contributed by atoms with Gasteiger partial charge in [-0.05, 0) is 14.1 Å². The van der Waals surface area contributed by atoms with E-state index in [4.69, 9.17) is 0 Å². The van der Waals surface area contributed by atoms with Gasteiger partial charge in [0.25, 0.3) is 0 Å². The first-order valence-corrected chi connectivity index (χ1v) is 3.39. The number of nitrogens with zero attached hydrogens (tertiary/aromatic N) is 1. The van der Waals surface area contributed by atoms with Crippen molar-refractivity contribution in [3.63, 3.8) is 0 Å². The number of alkyl halides is 7. The molecule has 0 heterocycles. The Morgan fingerprint density at radius 3 is 1.14 bits per heavy atom. The van der Waals surface area contributed by atoms with Crippen molar-refractivity contribution in [3.05, 3.63) is 0 Å².